The van der Waals surface area contributed by atoms with Gasteiger partial charge in [-0.2, -0.15) is 8.78 Å². The normalized spacial score (nSPS) is 16.7. The third-order valence-electron chi connectivity index (χ3n) is 5.26. The van der Waals surface area contributed by atoms with Gasteiger partial charge in [-0.15, -0.1) is 0 Å². The van der Waals surface area contributed by atoms with Crippen molar-refractivity contribution < 1.29 is 41.3 Å². The Labute approximate surface area is 193 Å². The third-order valence-corrected chi connectivity index (χ3v) is 5.26. The molecule has 1 saturated heterocycles. The van der Waals surface area contributed by atoms with E-state index >= 15 is 0 Å². The van der Waals surface area contributed by atoms with Crippen molar-refractivity contribution >= 4 is 11.6 Å². The monoisotopic (exact) mass is 482 g/mol. The average Bonchev–Trinajstić information content (AvgIpc) is 3.17. The maximum absolute atomic E-state index is 13.4. The number of carbonyl (C=O) groups is 1. The van der Waals surface area contributed by atoms with Crippen LogP contribution in [0.1, 0.15) is 0 Å². The average molecular weight is 482 g/mol. The molecule has 182 valence electrons. The molecule has 0 radical (unpaired) electrons. The Bertz CT molecular complexity index is 1060. The van der Waals surface area contributed by atoms with Crippen LogP contribution in [-0.2, 0) is 9.53 Å². The van der Waals surface area contributed by atoms with E-state index in [1.54, 1.807) is 0 Å². The fraction of sp³-hybridized carbons (Fsp3) is 0.348. The Hall–Kier alpha value is -3.31. The van der Waals surface area contributed by atoms with Gasteiger partial charge in [0.05, 0.1) is 13.2 Å². The number of nitrogens with zero attached hydrogens (tertiary/aromatic N) is 2. The molecule has 2 heterocycles. The van der Waals surface area contributed by atoms with Crippen LogP contribution in [0.3, 0.4) is 0 Å². The number of rotatable bonds is 9. The minimum Gasteiger partial charge on any atom is -0.488 e. The molecule has 11 heteroatoms. The van der Waals surface area contributed by atoms with Crippen molar-refractivity contribution in [1.82, 2.24) is 4.90 Å². The summed E-state index contributed by atoms with van der Waals surface area (Å²) in [7, 11) is 0. The second-order valence-corrected chi connectivity index (χ2v) is 7.47. The first-order chi connectivity index (χ1) is 16.4. The van der Waals surface area contributed by atoms with Crippen molar-refractivity contribution in [3.63, 3.8) is 0 Å². The molecule has 0 aliphatic carbocycles. The number of alkyl halides is 2. The highest BCUT2D eigenvalue weighted by molar-refractivity contribution is 6.07. The van der Waals surface area contributed by atoms with Gasteiger partial charge in [0.1, 0.15) is 12.4 Å². The second-order valence-electron chi connectivity index (χ2n) is 7.47. The molecule has 0 bridgehead atoms. The van der Waals surface area contributed by atoms with Crippen molar-refractivity contribution in [1.29, 1.82) is 0 Å². The molecule has 0 aromatic heterocycles. The number of ether oxygens (including phenoxy) is 4. The fourth-order valence-corrected chi connectivity index (χ4v) is 3.53. The summed E-state index contributed by atoms with van der Waals surface area (Å²) in [5.74, 6) is -2.97. The molecular weight excluding hydrogens is 460 g/mol. The standard InChI is InChI=1S/C23H22F4N2O5/c24-17-3-2-16(14-18(17)25)33-20-5-6-29(22(20)30)15-1-4-19(21(13-15)34-23(26)27)32-12-9-28-7-10-31-11-8-28/h1-5,13-14,23H,6-12H2. The summed E-state index contributed by atoms with van der Waals surface area (Å²) in [6.45, 7) is 0.652. The zero-order chi connectivity index (χ0) is 24.1. The van der Waals surface area contributed by atoms with Gasteiger partial charge in [-0.05, 0) is 30.3 Å². The van der Waals surface area contributed by atoms with Gasteiger partial charge in [-0.3, -0.25) is 9.69 Å². The van der Waals surface area contributed by atoms with Crippen molar-refractivity contribution in [3.8, 4) is 17.2 Å². The van der Waals surface area contributed by atoms with Crippen molar-refractivity contribution in [2.45, 2.75) is 6.61 Å². The summed E-state index contributed by atoms with van der Waals surface area (Å²) < 4.78 is 73.4. The Balaban J connectivity index is 1.42. The summed E-state index contributed by atoms with van der Waals surface area (Å²) in [5, 5.41) is 0. The Kier molecular flexibility index (Phi) is 7.53. The van der Waals surface area contributed by atoms with Gasteiger partial charge in [0.25, 0.3) is 5.91 Å². The smallest absolute Gasteiger partial charge is 0.387 e. The van der Waals surface area contributed by atoms with Gasteiger partial charge in [0.2, 0.25) is 0 Å². The SMILES string of the molecule is O=C1C(Oc2ccc(F)c(F)c2)=CCN1c1ccc(OCCN2CCOCC2)c(OC(F)F)c1. The molecule has 34 heavy (non-hydrogen) atoms. The fourth-order valence-electron chi connectivity index (χ4n) is 3.53. The molecule has 4 rings (SSSR count). The molecule has 0 unspecified atom stereocenters. The third kappa shape index (κ3) is 5.78. The first-order valence-electron chi connectivity index (χ1n) is 10.6. The zero-order valence-electron chi connectivity index (χ0n) is 18.0. The van der Waals surface area contributed by atoms with E-state index in [4.69, 9.17) is 14.2 Å². The second kappa shape index (κ2) is 10.7. The molecule has 2 aromatic carbocycles. The van der Waals surface area contributed by atoms with Crippen molar-refractivity contribution in [2.24, 2.45) is 0 Å². The predicted molar refractivity (Wildman–Crippen MR) is 113 cm³/mol. The van der Waals surface area contributed by atoms with Crippen molar-refractivity contribution in [3.05, 3.63) is 59.9 Å². The highest BCUT2D eigenvalue weighted by atomic mass is 19.3. The number of anilines is 1. The van der Waals surface area contributed by atoms with Crippen LogP contribution in [-0.4, -0.2) is 63.4 Å². The van der Waals surface area contributed by atoms with Crippen LogP contribution in [0.4, 0.5) is 23.2 Å². The Morgan fingerprint density at radius 1 is 1.00 bits per heavy atom. The van der Waals surface area contributed by atoms with Crippen LogP contribution in [0.25, 0.3) is 0 Å². The quantitative estimate of drug-likeness (QED) is 0.510. The van der Waals surface area contributed by atoms with Crippen LogP contribution < -0.4 is 19.1 Å². The lowest BCUT2D eigenvalue weighted by Crippen LogP contribution is -2.38. The van der Waals surface area contributed by atoms with Crippen LogP contribution >= 0.6 is 0 Å². The van der Waals surface area contributed by atoms with Gasteiger partial charge in [0, 0.05) is 44.0 Å². The highest BCUT2D eigenvalue weighted by Crippen LogP contribution is 2.35. The van der Waals surface area contributed by atoms with Gasteiger partial charge in [0.15, 0.2) is 28.9 Å². The predicted octanol–water partition coefficient (Wildman–Crippen LogP) is 3.59. The van der Waals surface area contributed by atoms with E-state index in [0.29, 0.717) is 19.8 Å². The largest absolute Gasteiger partial charge is 0.488 e. The van der Waals surface area contributed by atoms with E-state index in [0.717, 1.165) is 25.2 Å². The number of carbonyl (C=O) groups excluding carboxylic acids is 1. The summed E-state index contributed by atoms with van der Waals surface area (Å²) >= 11 is 0. The first-order valence-corrected chi connectivity index (χ1v) is 10.6. The number of morpholine rings is 1. The lowest BCUT2D eigenvalue weighted by Gasteiger charge is -2.26. The van der Waals surface area contributed by atoms with Crippen LogP contribution in [0.5, 0.6) is 17.2 Å². The van der Waals surface area contributed by atoms with E-state index in [1.165, 1.54) is 35.2 Å². The lowest BCUT2D eigenvalue weighted by molar-refractivity contribution is -0.116. The minimum absolute atomic E-state index is 0.0499. The van der Waals surface area contributed by atoms with Gasteiger partial charge in [-0.1, -0.05) is 0 Å². The van der Waals surface area contributed by atoms with Gasteiger partial charge < -0.3 is 23.8 Å². The van der Waals surface area contributed by atoms with Gasteiger partial charge in [-0.25, -0.2) is 8.78 Å². The van der Waals surface area contributed by atoms with Crippen LogP contribution in [0, 0.1) is 11.6 Å². The molecular formula is C23H22F4N2O5. The molecule has 0 spiro atoms. The lowest BCUT2D eigenvalue weighted by atomic mass is 10.2. The molecule has 1 fully saturated rings. The first kappa shape index (κ1) is 23.8. The molecule has 7 nitrogen and oxygen atoms in total. The molecule has 2 aliphatic rings. The van der Waals surface area contributed by atoms with E-state index in [9.17, 15) is 22.4 Å². The van der Waals surface area contributed by atoms with E-state index in [2.05, 4.69) is 9.64 Å². The summed E-state index contributed by atoms with van der Waals surface area (Å²) in [5.41, 5.74) is 0.279. The maximum Gasteiger partial charge on any atom is 0.387 e. The summed E-state index contributed by atoms with van der Waals surface area (Å²) in [6, 6.07) is 7.16. The van der Waals surface area contributed by atoms with Crippen molar-refractivity contribution in [2.75, 3.05) is 50.9 Å². The highest BCUT2D eigenvalue weighted by Gasteiger charge is 2.28. The number of benzene rings is 2. The number of hydrogen-bond acceptors (Lipinski definition) is 6. The number of amides is 1. The van der Waals surface area contributed by atoms with Gasteiger partial charge >= 0.3 is 6.61 Å². The van der Waals surface area contributed by atoms with E-state index in [1.807, 2.05) is 0 Å². The summed E-state index contributed by atoms with van der Waals surface area (Å²) in [6.07, 6.45) is 1.45. The maximum atomic E-state index is 13.4. The minimum atomic E-state index is -3.09. The number of hydrogen-bond donors (Lipinski definition) is 0. The summed E-state index contributed by atoms with van der Waals surface area (Å²) in [4.78, 5) is 16.2. The Morgan fingerprint density at radius 2 is 1.79 bits per heavy atom. The van der Waals surface area contributed by atoms with Crippen LogP contribution in [0.15, 0.2) is 48.2 Å². The van der Waals surface area contributed by atoms with E-state index < -0.39 is 24.2 Å². The topological polar surface area (TPSA) is 60.5 Å². The Morgan fingerprint density at radius 3 is 2.53 bits per heavy atom. The molecule has 2 aromatic rings. The molecule has 0 saturated carbocycles. The van der Waals surface area contributed by atoms with E-state index in [-0.39, 0.29) is 41.8 Å². The zero-order valence-corrected chi connectivity index (χ0v) is 18.0. The number of halogens is 4. The molecule has 1 amide bonds. The molecule has 2 aliphatic heterocycles. The molecule has 0 N–H and O–H groups in total. The molecule has 0 atom stereocenters. The van der Waals surface area contributed by atoms with Crippen LogP contribution in [0.2, 0.25) is 0 Å².